The first-order valence-corrected chi connectivity index (χ1v) is 7.25. The number of halogens is 1. The highest BCUT2D eigenvalue weighted by molar-refractivity contribution is 6.31. The van der Waals surface area contributed by atoms with Gasteiger partial charge in [-0.15, -0.1) is 0 Å². The zero-order valence-electron chi connectivity index (χ0n) is 12.4. The Kier molecular flexibility index (Phi) is 5.37. The number of hydrogen-bond acceptors (Lipinski definition) is 3. The fourth-order valence-electron chi connectivity index (χ4n) is 2.02. The number of rotatable bonds is 5. The third-order valence-corrected chi connectivity index (χ3v) is 3.37. The van der Waals surface area contributed by atoms with Crippen LogP contribution in [0, 0.1) is 0 Å². The van der Waals surface area contributed by atoms with Crippen molar-refractivity contribution in [1.82, 2.24) is 4.90 Å². The van der Waals surface area contributed by atoms with Crippen molar-refractivity contribution in [3.8, 4) is 0 Å². The molecule has 2 rings (SSSR count). The molecule has 0 saturated carbocycles. The summed E-state index contributed by atoms with van der Waals surface area (Å²) >= 11 is 6.11. The lowest BCUT2D eigenvalue weighted by molar-refractivity contribution is 0.420. The Labute approximate surface area is 131 Å². The van der Waals surface area contributed by atoms with Gasteiger partial charge in [-0.3, -0.25) is 4.99 Å². The summed E-state index contributed by atoms with van der Waals surface area (Å²) in [6.45, 7) is 1.60. The van der Waals surface area contributed by atoms with E-state index in [2.05, 4.69) is 4.90 Å². The lowest BCUT2D eigenvalue weighted by atomic mass is 10.0. The molecule has 0 aliphatic rings. The first kappa shape index (κ1) is 15.5. The van der Waals surface area contributed by atoms with Crippen molar-refractivity contribution in [2.75, 3.05) is 32.9 Å². The van der Waals surface area contributed by atoms with Gasteiger partial charge in [0.15, 0.2) is 0 Å². The van der Waals surface area contributed by atoms with Crippen LogP contribution < -0.4 is 5.73 Å². The van der Waals surface area contributed by atoms with Crippen LogP contribution in [0.5, 0.6) is 0 Å². The van der Waals surface area contributed by atoms with Crippen LogP contribution in [0.15, 0.2) is 53.5 Å². The lowest BCUT2D eigenvalue weighted by Gasteiger charge is -2.12. The van der Waals surface area contributed by atoms with Gasteiger partial charge in [0, 0.05) is 28.4 Å². The summed E-state index contributed by atoms with van der Waals surface area (Å²) < 4.78 is 0. The van der Waals surface area contributed by atoms with Crippen molar-refractivity contribution in [1.29, 1.82) is 0 Å². The molecule has 110 valence electrons. The van der Waals surface area contributed by atoms with Gasteiger partial charge in [0.25, 0.3) is 0 Å². The van der Waals surface area contributed by atoms with Gasteiger partial charge in [0.1, 0.15) is 0 Å². The molecule has 0 aliphatic carbocycles. The van der Waals surface area contributed by atoms with E-state index in [0.717, 1.165) is 23.4 Å². The smallest absolute Gasteiger partial charge is 0.0740 e. The molecular weight excluding hydrogens is 282 g/mol. The minimum atomic E-state index is 0.662. The highest BCUT2D eigenvalue weighted by atomic mass is 35.5. The molecule has 2 aromatic rings. The molecule has 0 heterocycles. The number of nitrogens with zero attached hydrogens (tertiary/aromatic N) is 2. The fraction of sp³-hybridized carbons (Fsp3) is 0.235. The summed E-state index contributed by atoms with van der Waals surface area (Å²) in [6.07, 6.45) is 0. The molecule has 0 atom stereocenters. The first-order chi connectivity index (χ1) is 10.1. The van der Waals surface area contributed by atoms with Crippen molar-refractivity contribution in [2.45, 2.75) is 0 Å². The Bertz CT molecular complexity index is 621. The van der Waals surface area contributed by atoms with Crippen LogP contribution in [0.2, 0.25) is 5.02 Å². The van der Waals surface area contributed by atoms with E-state index in [1.165, 1.54) is 0 Å². The predicted molar refractivity (Wildman–Crippen MR) is 91.4 cm³/mol. The van der Waals surface area contributed by atoms with Gasteiger partial charge in [0.2, 0.25) is 0 Å². The van der Waals surface area contributed by atoms with Gasteiger partial charge in [0.05, 0.1) is 12.3 Å². The molecular formula is C17H20ClN3. The maximum absolute atomic E-state index is 6.11. The zero-order valence-corrected chi connectivity index (χ0v) is 13.1. The van der Waals surface area contributed by atoms with Crippen LogP contribution in [-0.4, -0.2) is 37.8 Å². The summed E-state index contributed by atoms with van der Waals surface area (Å²) in [6, 6.07) is 15.5. The number of likely N-dealkylation sites (N-methyl/N-ethyl adjacent to an activating group) is 1. The number of nitrogens with two attached hydrogens (primary N) is 1. The van der Waals surface area contributed by atoms with E-state index in [-0.39, 0.29) is 0 Å². The van der Waals surface area contributed by atoms with Gasteiger partial charge in [-0.2, -0.15) is 0 Å². The minimum absolute atomic E-state index is 0.662. The molecule has 21 heavy (non-hydrogen) atoms. The van der Waals surface area contributed by atoms with Crippen molar-refractivity contribution in [2.24, 2.45) is 4.99 Å². The predicted octanol–water partition coefficient (Wildman–Crippen LogP) is 3.32. The second-order valence-corrected chi connectivity index (χ2v) is 5.57. The van der Waals surface area contributed by atoms with Gasteiger partial charge in [-0.25, -0.2) is 0 Å². The van der Waals surface area contributed by atoms with E-state index < -0.39 is 0 Å². The Morgan fingerprint density at radius 1 is 1.14 bits per heavy atom. The Balaban J connectivity index is 2.43. The minimum Gasteiger partial charge on any atom is -0.398 e. The number of anilines is 1. The topological polar surface area (TPSA) is 41.6 Å². The molecule has 0 amide bonds. The maximum atomic E-state index is 6.11. The average molecular weight is 302 g/mol. The van der Waals surface area contributed by atoms with E-state index in [9.17, 15) is 0 Å². The van der Waals surface area contributed by atoms with Crippen LogP contribution in [0.4, 0.5) is 5.69 Å². The number of benzene rings is 2. The van der Waals surface area contributed by atoms with E-state index in [4.69, 9.17) is 22.3 Å². The van der Waals surface area contributed by atoms with Crippen molar-refractivity contribution >= 4 is 23.0 Å². The van der Waals surface area contributed by atoms with Crippen LogP contribution in [-0.2, 0) is 0 Å². The molecule has 0 radical (unpaired) electrons. The number of nitrogen functional groups attached to an aromatic ring is 1. The summed E-state index contributed by atoms with van der Waals surface area (Å²) in [5.74, 6) is 0. The van der Waals surface area contributed by atoms with Crippen molar-refractivity contribution in [3.05, 3.63) is 64.7 Å². The molecule has 2 N–H and O–H groups in total. The molecule has 0 unspecified atom stereocenters. The highest BCUT2D eigenvalue weighted by Crippen LogP contribution is 2.22. The molecule has 0 fully saturated rings. The van der Waals surface area contributed by atoms with Gasteiger partial charge >= 0.3 is 0 Å². The molecule has 0 spiro atoms. The standard InChI is InChI=1S/C17H20ClN3/c1-21(2)11-10-20-17(13-6-4-3-5-7-13)15-12-14(18)8-9-16(15)19/h3-9,12H,10-11,19H2,1-2H3. The van der Waals surface area contributed by atoms with Gasteiger partial charge in [-0.1, -0.05) is 41.9 Å². The highest BCUT2D eigenvalue weighted by Gasteiger charge is 2.10. The van der Waals surface area contributed by atoms with E-state index in [1.807, 2.05) is 56.6 Å². The summed E-state index contributed by atoms with van der Waals surface area (Å²) in [7, 11) is 4.07. The normalized spacial score (nSPS) is 11.9. The number of hydrogen-bond donors (Lipinski definition) is 1. The van der Waals surface area contributed by atoms with E-state index >= 15 is 0 Å². The lowest BCUT2D eigenvalue weighted by Crippen LogP contribution is -2.17. The summed E-state index contributed by atoms with van der Waals surface area (Å²) in [5, 5.41) is 0.662. The molecule has 4 heteroatoms. The molecule has 2 aromatic carbocycles. The van der Waals surface area contributed by atoms with Crippen LogP contribution >= 0.6 is 11.6 Å². The third kappa shape index (κ3) is 4.31. The molecule has 0 aliphatic heterocycles. The largest absolute Gasteiger partial charge is 0.398 e. The van der Waals surface area contributed by atoms with Crippen LogP contribution in [0.3, 0.4) is 0 Å². The van der Waals surface area contributed by atoms with Crippen molar-refractivity contribution < 1.29 is 0 Å². The molecule has 3 nitrogen and oxygen atoms in total. The summed E-state index contributed by atoms with van der Waals surface area (Å²) in [5.41, 5.74) is 9.61. The Morgan fingerprint density at radius 2 is 1.86 bits per heavy atom. The average Bonchev–Trinajstić information content (AvgIpc) is 2.47. The van der Waals surface area contributed by atoms with Crippen molar-refractivity contribution in [3.63, 3.8) is 0 Å². The maximum Gasteiger partial charge on any atom is 0.0740 e. The van der Waals surface area contributed by atoms with E-state index in [0.29, 0.717) is 17.3 Å². The van der Waals surface area contributed by atoms with Crippen LogP contribution in [0.25, 0.3) is 0 Å². The first-order valence-electron chi connectivity index (χ1n) is 6.88. The van der Waals surface area contributed by atoms with Gasteiger partial charge < -0.3 is 10.6 Å². The van der Waals surface area contributed by atoms with Crippen LogP contribution in [0.1, 0.15) is 11.1 Å². The molecule has 0 bridgehead atoms. The SMILES string of the molecule is CN(C)CCN=C(c1ccccc1)c1cc(Cl)ccc1N. The summed E-state index contributed by atoms with van der Waals surface area (Å²) in [4.78, 5) is 6.85. The van der Waals surface area contributed by atoms with E-state index in [1.54, 1.807) is 6.07 Å². The Morgan fingerprint density at radius 3 is 2.52 bits per heavy atom. The second kappa shape index (κ2) is 7.25. The monoisotopic (exact) mass is 301 g/mol. The number of aliphatic imine (C=N–C) groups is 1. The Hall–Kier alpha value is -1.84. The second-order valence-electron chi connectivity index (χ2n) is 5.13. The quantitative estimate of drug-likeness (QED) is 0.680. The third-order valence-electron chi connectivity index (χ3n) is 3.13. The molecule has 0 aromatic heterocycles. The zero-order chi connectivity index (χ0) is 15.2. The molecule has 0 saturated heterocycles. The van der Waals surface area contributed by atoms with Gasteiger partial charge in [-0.05, 0) is 32.3 Å². The fourth-order valence-corrected chi connectivity index (χ4v) is 2.20.